The number of benzene rings is 1. The SMILES string of the molecule is CC(=O)O[C@@H]1[C@@H](OC(C)=O)[C@H](OC(C)=O)CO[C@H]1n1cc(Cc2ccccc2)nn1. The molecule has 10 nitrogen and oxygen atoms in total. The summed E-state index contributed by atoms with van der Waals surface area (Å²) in [6.07, 6.45) is -1.77. The number of ether oxygens (including phenoxy) is 4. The summed E-state index contributed by atoms with van der Waals surface area (Å²) in [5.41, 5.74) is 1.73. The quantitative estimate of drug-likeness (QED) is 0.504. The van der Waals surface area contributed by atoms with Crippen LogP contribution in [-0.2, 0) is 39.8 Å². The second-order valence-corrected chi connectivity index (χ2v) is 6.87. The van der Waals surface area contributed by atoms with Crippen LogP contribution in [0.1, 0.15) is 38.3 Å². The fourth-order valence-corrected chi connectivity index (χ4v) is 3.27. The van der Waals surface area contributed by atoms with Crippen LogP contribution in [0.3, 0.4) is 0 Å². The van der Waals surface area contributed by atoms with E-state index in [0.717, 1.165) is 5.56 Å². The topological polar surface area (TPSA) is 119 Å². The summed E-state index contributed by atoms with van der Waals surface area (Å²) in [5.74, 6) is -1.80. The van der Waals surface area contributed by atoms with E-state index in [-0.39, 0.29) is 6.61 Å². The maximum atomic E-state index is 11.7. The Labute approximate surface area is 173 Å². The molecule has 3 rings (SSSR count). The molecular weight excluding hydrogens is 394 g/mol. The van der Waals surface area contributed by atoms with Crippen LogP contribution < -0.4 is 0 Å². The molecule has 30 heavy (non-hydrogen) atoms. The van der Waals surface area contributed by atoms with Gasteiger partial charge in [-0.25, -0.2) is 4.68 Å². The number of aromatic nitrogens is 3. The Morgan fingerprint density at radius 3 is 2.27 bits per heavy atom. The van der Waals surface area contributed by atoms with E-state index in [9.17, 15) is 14.4 Å². The van der Waals surface area contributed by atoms with Gasteiger partial charge < -0.3 is 18.9 Å². The number of hydrogen-bond donors (Lipinski definition) is 0. The highest BCUT2D eigenvalue weighted by Gasteiger charge is 2.48. The zero-order valence-electron chi connectivity index (χ0n) is 16.9. The molecule has 0 unspecified atom stereocenters. The summed E-state index contributed by atoms with van der Waals surface area (Å²) in [6.45, 7) is 3.59. The Balaban J connectivity index is 1.86. The molecule has 0 N–H and O–H groups in total. The number of hydrogen-bond acceptors (Lipinski definition) is 9. The second kappa shape index (κ2) is 9.49. The van der Waals surface area contributed by atoms with Gasteiger partial charge in [0.25, 0.3) is 0 Å². The Kier molecular flexibility index (Phi) is 6.78. The molecule has 1 aliphatic rings. The first kappa shape index (κ1) is 21.4. The van der Waals surface area contributed by atoms with Crippen molar-refractivity contribution in [2.24, 2.45) is 0 Å². The van der Waals surface area contributed by atoms with Crippen LogP contribution >= 0.6 is 0 Å². The molecule has 0 aliphatic carbocycles. The van der Waals surface area contributed by atoms with Gasteiger partial charge in [-0.1, -0.05) is 35.5 Å². The average molecular weight is 417 g/mol. The van der Waals surface area contributed by atoms with Gasteiger partial charge in [-0.2, -0.15) is 0 Å². The van der Waals surface area contributed by atoms with Crippen LogP contribution in [0.2, 0.25) is 0 Å². The summed E-state index contributed by atoms with van der Waals surface area (Å²) in [6, 6.07) is 9.73. The third-order valence-corrected chi connectivity index (χ3v) is 4.37. The van der Waals surface area contributed by atoms with Crippen molar-refractivity contribution in [2.75, 3.05) is 6.61 Å². The third kappa shape index (κ3) is 5.41. The molecule has 0 spiro atoms. The number of esters is 3. The first-order valence-electron chi connectivity index (χ1n) is 9.41. The van der Waals surface area contributed by atoms with Gasteiger partial charge in [-0.05, 0) is 5.56 Å². The van der Waals surface area contributed by atoms with Crippen molar-refractivity contribution in [1.29, 1.82) is 0 Å². The molecule has 1 aromatic carbocycles. The second-order valence-electron chi connectivity index (χ2n) is 6.87. The summed E-state index contributed by atoms with van der Waals surface area (Å²) < 4.78 is 23.1. The highest BCUT2D eigenvalue weighted by atomic mass is 16.6. The Morgan fingerprint density at radius 2 is 1.63 bits per heavy atom. The van der Waals surface area contributed by atoms with Crippen molar-refractivity contribution < 1.29 is 33.3 Å². The number of carbonyl (C=O) groups is 3. The maximum absolute atomic E-state index is 11.7. The minimum atomic E-state index is -1.09. The number of carbonyl (C=O) groups excluding carboxylic acids is 3. The normalized spacial score (nSPS) is 23.4. The van der Waals surface area contributed by atoms with E-state index in [1.54, 1.807) is 6.20 Å². The lowest BCUT2D eigenvalue weighted by molar-refractivity contribution is -0.241. The van der Waals surface area contributed by atoms with Crippen molar-refractivity contribution in [3.05, 3.63) is 47.8 Å². The van der Waals surface area contributed by atoms with Crippen LogP contribution in [-0.4, -0.2) is 57.8 Å². The van der Waals surface area contributed by atoms with Gasteiger partial charge in [-0.3, -0.25) is 14.4 Å². The van der Waals surface area contributed by atoms with Gasteiger partial charge in [0.1, 0.15) is 0 Å². The van der Waals surface area contributed by atoms with E-state index in [1.807, 2.05) is 30.3 Å². The molecule has 0 bridgehead atoms. The highest BCUT2D eigenvalue weighted by molar-refractivity contribution is 5.68. The number of rotatable bonds is 6. The third-order valence-electron chi connectivity index (χ3n) is 4.37. The highest BCUT2D eigenvalue weighted by Crippen LogP contribution is 2.30. The van der Waals surface area contributed by atoms with Crippen molar-refractivity contribution >= 4 is 17.9 Å². The Hall–Kier alpha value is -3.27. The van der Waals surface area contributed by atoms with Gasteiger partial charge in [0.15, 0.2) is 24.5 Å². The minimum Gasteiger partial charge on any atom is -0.456 e. The maximum Gasteiger partial charge on any atom is 0.303 e. The smallest absolute Gasteiger partial charge is 0.303 e. The van der Waals surface area contributed by atoms with E-state index in [2.05, 4.69) is 10.3 Å². The van der Waals surface area contributed by atoms with Crippen LogP contribution in [0.5, 0.6) is 0 Å². The summed E-state index contributed by atoms with van der Waals surface area (Å²) >= 11 is 0. The first-order valence-corrected chi connectivity index (χ1v) is 9.41. The lowest BCUT2D eigenvalue weighted by Gasteiger charge is -2.40. The van der Waals surface area contributed by atoms with Crippen LogP contribution in [0.25, 0.3) is 0 Å². The van der Waals surface area contributed by atoms with Crippen LogP contribution in [0.4, 0.5) is 0 Å². The molecule has 2 aromatic rings. The van der Waals surface area contributed by atoms with Crippen molar-refractivity contribution in [3.8, 4) is 0 Å². The number of nitrogens with zero attached hydrogens (tertiary/aromatic N) is 3. The van der Waals surface area contributed by atoms with E-state index >= 15 is 0 Å². The van der Waals surface area contributed by atoms with E-state index in [4.69, 9.17) is 18.9 Å². The largest absolute Gasteiger partial charge is 0.456 e. The van der Waals surface area contributed by atoms with Crippen molar-refractivity contribution in [3.63, 3.8) is 0 Å². The van der Waals surface area contributed by atoms with Gasteiger partial charge in [-0.15, -0.1) is 5.10 Å². The molecule has 4 atom stereocenters. The zero-order valence-corrected chi connectivity index (χ0v) is 16.9. The molecule has 0 radical (unpaired) electrons. The summed E-state index contributed by atoms with van der Waals surface area (Å²) in [7, 11) is 0. The Morgan fingerprint density at radius 1 is 1.00 bits per heavy atom. The summed E-state index contributed by atoms with van der Waals surface area (Å²) in [4.78, 5) is 34.8. The molecule has 10 heteroatoms. The summed E-state index contributed by atoms with van der Waals surface area (Å²) in [5, 5.41) is 8.25. The molecule has 160 valence electrons. The molecule has 1 saturated heterocycles. The van der Waals surface area contributed by atoms with E-state index in [0.29, 0.717) is 12.1 Å². The molecule has 2 heterocycles. The van der Waals surface area contributed by atoms with Gasteiger partial charge in [0.05, 0.1) is 18.5 Å². The lowest BCUT2D eigenvalue weighted by Crippen LogP contribution is -2.55. The van der Waals surface area contributed by atoms with Crippen molar-refractivity contribution in [2.45, 2.75) is 51.7 Å². The lowest BCUT2D eigenvalue weighted by atomic mass is 10.0. The molecule has 0 amide bonds. The minimum absolute atomic E-state index is 0.0756. The molecule has 0 saturated carbocycles. The Bertz CT molecular complexity index is 899. The van der Waals surface area contributed by atoms with E-state index < -0.39 is 42.4 Å². The molecule has 1 aliphatic heterocycles. The zero-order chi connectivity index (χ0) is 21.7. The fourth-order valence-electron chi connectivity index (χ4n) is 3.27. The monoisotopic (exact) mass is 417 g/mol. The van der Waals surface area contributed by atoms with Crippen LogP contribution in [0.15, 0.2) is 36.5 Å². The standard InChI is InChI=1S/C20H23N3O7/c1-12(24)28-17-11-27-20(19(30-14(3)26)18(17)29-13(2)25)23-10-16(21-22-23)9-15-7-5-4-6-8-15/h4-8,10,17-20H,9,11H2,1-3H3/t17-,18+,19-,20-/m1/s1. The molecule has 1 aromatic heterocycles. The predicted molar refractivity (Wildman–Crippen MR) is 101 cm³/mol. The first-order chi connectivity index (χ1) is 14.3. The van der Waals surface area contributed by atoms with Gasteiger partial charge >= 0.3 is 17.9 Å². The van der Waals surface area contributed by atoms with Crippen molar-refractivity contribution in [1.82, 2.24) is 15.0 Å². The van der Waals surface area contributed by atoms with Gasteiger partial charge in [0.2, 0.25) is 0 Å². The van der Waals surface area contributed by atoms with Gasteiger partial charge in [0, 0.05) is 27.2 Å². The average Bonchev–Trinajstić information content (AvgIpc) is 3.12. The predicted octanol–water partition coefficient (Wildman–Crippen LogP) is 1.19. The van der Waals surface area contributed by atoms with E-state index in [1.165, 1.54) is 25.5 Å². The molecular formula is C20H23N3O7. The molecule has 1 fully saturated rings. The fraction of sp³-hybridized carbons (Fsp3) is 0.450. The van der Waals surface area contributed by atoms with Crippen LogP contribution in [0, 0.1) is 0 Å².